The van der Waals surface area contributed by atoms with E-state index < -0.39 is 0 Å². The van der Waals surface area contributed by atoms with Crippen molar-refractivity contribution in [3.8, 4) is 0 Å². The van der Waals surface area contributed by atoms with Crippen LogP contribution in [0.4, 0.5) is 0 Å². The van der Waals surface area contributed by atoms with Crippen LogP contribution >= 0.6 is 0 Å². The zero-order valence-corrected chi connectivity index (χ0v) is 12.2. The molecule has 21 heavy (non-hydrogen) atoms. The minimum absolute atomic E-state index is 0.00102. The van der Waals surface area contributed by atoms with Crippen LogP contribution in [0.2, 0.25) is 0 Å². The number of amides is 1. The number of hydrogen-bond acceptors (Lipinski definition) is 4. The average molecular weight is 292 g/mol. The highest BCUT2D eigenvalue weighted by molar-refractivity contribution is 5.82. The Balaban J connectivity index is 1.91. The molecule has 6 nitrogen and oxygen atoms in total. The Labute approximate surface area is 123 Å². The molecular weight excluding hydrogens is 272 g/mol. The number of esters is 1. The molecule has 0 unspecified atom stereocenters. The summed E-state index contributed by atoms with van der Waals surface area (Å²) in [4.78, 5) is 36.9. The molecule has 1 saturated carbocycles. The lowest BCUT2D eigenvalue weighted by Crippen LogP contribution is -2.39. The van der Waals surface area contributed by atoms with Gasteiger partial charge in [-0.25, -0.2) is 0 Å². The Morgan fingerprint density at radius 2 is 2.14 bits per heavy atom. The van der Waals surface area contributed by atoms with Crippen molar-refractivity contribution in [3.05, 3.63) is 34.7 Å². The maximum absolute atomic E-state index is 12.3. The van der Waals surface area contributed by atoms with Crippen molar-refractivity contribution in [2.45, 2.75) is 38.8 Å². The average Bonchev–Trinajstić information content (AvgIpc) is 3.28. The third-order valence-electron chi connectivity index (χ3n) is 3.38. The fourth-order valence-electron chi connectivity index (χ4n) is 2.16. The van der Waals surface area contributed by atoms with Gasteiger partial charge in [0.25, 0.3) is 5.56 Å². The summed E-state index contributed by atoms with van der Waals surface area (Å²) in [5.41, 5.74) is -0.131. The van der Waals surface area contributed by atoms with Gasteiger partial charge in [0.05, 0.1) is 6.61 Å². The van der Waals surface area contributed by atoms with Gasteiger partial charge in [-0.1, -0.05) is 6.07 Å². The number of nitrogens with zero attached hydrogens (tertiary/aromatic N) is 2. The molecule has 1 amide bonds. The van der Waals surface area contributed by atoms with Crippen LogP contribution in [0, 0.1) is 0 Å². The molecule has 0 aromatic carbocycles. The lowest BCUT2D eigenvalue weighted by Gasteiger charge is -2.21. The largest absolute Gasteiger partial charge is 0.465 e. The Hall–Kier alpha value is -2.11. The molecule has 0 atom stereocenters. The maximum atomic E-state index is 12.3. The van der Waals surface area contributed by atoms with Crippen LogP contribution in [0.25, 0.3) is 0 Å². The molecule has 1 aliphatic rings. The summed E-state index contributed by atoms with van der Waals surface area (Å²) < 4.78 is 6.39. The van der Waals surface area contributed by atoms with Gasteiger partial charge in [-0.05, 0) is 25.8 Å². The number of rotatable bonds is 7. The van der Waals surface area contributed by atoms with Gasteiger partial charge in [-0.2, -0.15) is 0 Å². The highest BCUT2D eigenvalue weighted by Crippen LogP contribution is 2.27. The first-order valence-corrected chi connectivity index (χ1v) is 7.22. The van der Waals surface area contributed by atoms with E-state index in [1.807, 2.05) is 0 Å². The van der Waals surface area contributed by atoms with Gasteiger partial charge in [-0.15, -0.1) is 0 Å². The number of aryl methyl sites for hydroxylation is 1. The number of pyridine rings is 1. The summed E-state index contributed by atoms with van der Waals surface area (Å²) in [5.74, 6) is -0.490. The maximum Gasteiger partial charge on any atom is 0.325 e. The SMILES string of the molecule is CCOC(=O)CN(C(=O)CCn1ccccc1=O)C1CC1. The molecule has 0 N–H and O–H groups in total. The lowest BCUT2D eigenvalue weighted by atomic mass is 10.3. The Bertz CT molecular complexity index is 563. The van der Waals surface area contributed by atoms with E-state index in [0.29, 0.717) is 13.2 Å². The van der Waals surface area contributed by atoms with Crippen LogP contribution in [-0.4, -0.2) is 40.5 Å². The monoisotopic (exact) mass is 292 g/mol. The van der Waals surface area contributed by atoms with Crippen molar-refractivity contribution in [3.63, 3.8) is 0 Å². The van der Waals surface area contributed by atoms with Gasteiger partial charge in [-0.3, -0.25) is 14.4 Å². The molecule has 1 fully saturated rings. The predicted octanol–water partition coefficient (Wildman–Crippen LogP) is 0.792. The van der Waals surface area contributed by atoms with E-state index in [0.717, 1.165) is 12.8 Å². The summed E-state index contributed by atoms with van der Waals surface area (Å²) in [5, 5.41) is 0. The molecule has 6 heteroatoms. The Morgan fingerprint density at radius 1 is 1.38 bits per heavy atom. The summed E-state index contributed by atoms with van der Waals surface area (Å²) in [6.07, 6.45) is 3.72. The lowest BCUT2D eigenvalue weighted by molar-refractivity contribution is -0.149. The zero-order chi connectivity index (χ0) is 15.2. The molecule has 1 heterocycles. The minimum atomic E-state index is -0.380. The molecule has 0 radical (unpaired) electrons. The van der Waals surface area contributed by atoms with E-state index in [1.165, 1.54) is 10.6 Å². The first-order valence-electron chi connectivity index (χ1n) is 7.22. The van der Waals surface area contributed by atoms with E-state index in [1.54, 1.807) is 30.2 Å². The summed E-state index contributed by atoms with van der Waals surface area (Å²) in [6, 6.07) is 5.03. The van der Waals surface area contributed by atoms with Crippen molar-refractivity contribution in [2.75, 3.05) is 13.2 Å². The topological polar surface area (TPSA) is 68.6 Å². The van der Waals surface area contributed by atoms with Crippen LogP contribution in [0.5, 0.6) is 0 Å². The van der Waals surface area contributed by atoms with E-state index in [2.05, 4.69) is 0 Å². The number of aromatic nitrogens is 1. The molecular formula is C15H20N2O4. The number of ether oxygens (including phenoxy) is 1. The van der Waals surface area contributed by atoms with E-state index >= 15 is 0 Å². The van der Waals surface area contributed by atoms with Gasteiger partial charge < -0.3 is 14.2 Å². The second kappa shape index (κ2) is 7.06. The molecule has 0 saturated heterocycles. The normalized spacial score (nSPS) is 13.8. The first kappa shape index (κ1) is 15.3. The van der Waals surface area contributed by atoms with Crippen molar-refractivity contribution in [1.29, 1.82) is 0 Å². The molecule has 2 rings (SSSR count). The molecule has 0 spiro atoms. The predicted molar refractivity (Wildman–Crippen MR) is 76.7 cm³/mol. The van der Waals surface area contributed by atoms with E-state index in [9.17, 15) is 14.4 Å². The van der Waals surface area contributed by atoms with Crippen molar-refractivity contribution in [1.82, 2.24) is 9.47 Å². The van der Waals surface area contributed by atoms with Gasteiger partial charge in [0.1, 0.15) is 6.54 Å². The molecule has 1 aromatic heterocycles. The third-order valence-corrected chi connectivity index (χ3v) is 3.38. The molecule has 114 valence electrons. The molecule has 0 bridgehead atoms. The number of hydrogen-bond donors (Lipinski definition) is 0. The molecule has 0 aliphatic heterocycles. The fraction of sp³-hybridized carbons (Fsp3) is 0.533. The highest BCUT2D eigenvalue weighted by Gasteiger charge is 2.33. The van der Waals surface area contributed by atoms with Crippen LogP contribution in [0.1, 0.15) is 26.2 Å². The standard InChI is InChI=1S/C15H20N2O4/c1-2-21-15(20)11-17(12-6-7-12)14(19)8-10-16-9-4-3-5-13(16)18/h3-5,9,12H,2,6-8,10-11H2,1H3. The smallest absolute Gasteiger partial charge is 0.325 e. The van der Waals surface area contributed by atoms with Crippen LogP contribution < -0.4 is 5.56 Å². The Kier molecular flexibility index (Phi) is 5.14. The van der Waals surface area contributed by atoms with Gasteiger partial charge in [0, 0.05) is 31.3 Å². The first-order chi connectivity index (χ1) is 10.1. The summed E-state index contributed by atoms with van der Waals surface area (Å²) >= 11 is 0. The van der Waals surface area contributed by atoms with Crippen LogP contribution in [0.15, 0.2) is 29.2 Å². The zero-order valence-electron chi connectivity index (χ0n) is 12.2. The molecule has 1 aliphatic carbocycles. The molecule has 1 aromatic rings. The summed E-state index contributed by atoms with van der Waals surface area (Å²) in [7, 11) is 0. The fourth-order valence-corrected chi connectivity index (χ4v) is 2.16. The third kappa shape index (κ3) is 4.44. The van der Waals surface area contributed by atoms with E-state index in [4.69, 9.17) is 4.74 Å². The van der Waals surface area contributed by atoms with Crippen molar-refractivity contribution in [2.24, 2.45) is 0 Å². The number of carbonyl (C=O) groups excluding carboxylic acids is 2. The van der Waals surface area contributed by atoms with Crippen molar-refractivity contribution < 1.29 is 14.3 Å². The van der Waals surface area contributed by atoms with Gasteiger partial charge in [0.2, 0.25) is 5.91 Å². The highest BCUT2D eigenvalue weighted by atomic mass is 16.5. The minimum Gasteiger partial charge on any atom is -0.465 e. The van der Waals surface area contributed by atoms with Gasteiger partial charge in [0.15, 0.2) is 0 Å². The Morgan fingerprint density at radius 3 is 2.76 bits per heavy atom. The summed E-state index contributed by atoms with van der Waals surface area (Å²) in [6.45, 7) is 2.37. The second-order valence-corrected chi connectivity index (χ2v) is 5.04. The number of carbonyl (C=O) groups is 2. The van der Waals surface area contributed by atoms with Gasteiger partial charge >= 0.3 is 5.97 Å². The second-order valence-electron chi connectivity index (χ2n) is 5.04. The quantitative estimate of drug-likeness (QED) is 0.697. The van der Waals surface area contributed by atoms with E-state index in [-0.39, 0.29) is 36.4 Å². The van der Waals surface area contributed by atoms with Crippen LogP contribution in [0.3, 0.4) is 0 Å². The van der Waals surface area contributed by atoms with Crippen LogP contribution in [-0.2, 0) is 20.9 Å². The van der Waals surface area contributed by atoms with Crippen molar-refractivity contribution >= 4 is 11.9 Å².